The van der Waals surface area contributed by atoms with Crippen LogP contribution in [0.15, 0.2) is 36.5 Å². The number of aryl methyl sites for hydroxylation is 1. The van der Waals surface area contributed by atoms with E-state index >= 15 is 0 Å². The number of aromatic amines is 2. The van der Waals surface area contributed by atoms with Gasteiger partial charge in [-0.25, -0.2) is 4.98 Å². The standard InChI is InChI=1S/C21H19ClN4O2/c1-11-12(2)25-26-20(11)17(27)8-13-7-14-9-16(24-21(14)23-10-13)15-5-4-6-18(28-3)19(15)22/h4-7,9-10H,8H2,1-3H3,(H,23,24)(H,25,26). The quantitative estimate of drug-likeness (QED) is 0.482. The van der Waals surface area contributed by atoms with Crippen LogP contribution in [0.4, 0.5) is 0 Å². The summed E-state index contributed by atoms with van der Waals surface area (Å²) < 4.78 is 5.29. The number of fused-ring (bicyclic) bond motifs is 1. The Balaban J connectivity index is 1.65. The van der Waals surface area contributed by atoms with E-state index in [1.807, 2.05) is 44.2 Å². The van der Waals surface area contributed by atoms with Crippen molar-refractivity contribution in [2.75, 3.05) is 7.11 Å². The maximum Gasteiger partial charge on any atom is 0.187 e. The van der Waals surface area contributed by atoms with Gasteiger partial charge in [-0.05, 0) is 37.6 Å². The van der Waals surface area contributed by atoms with Crippen molar-refractivity contribution in [3.8, 4) is 17.0 Å². The lowest BCUT2D eigenvalue weighted by Gasteiger charge is -2.06. The third kappa shape index (κ3) is 3.16. The number of carbonyl (C=O) groups is 1. The predicted octanol–water partition coefficient (Wildman–Crippen LogP) is 4.66. The number of hydrogen-bond acceptors (Lipinski definition) is 4. The normalized spacial score (nSPS) is 11.1. The van der Waals surface area contributed by atoms with Crippen LogP contribution in [-0.2, 0) is 6.42 Å². The highest BCUT2D eigenvalue weighted by Gasteiger charge is 2.16. The molecular weight excluding hydrogens is 376 g/mol. The highest BCUT2D eigenvalue weighted by atomic mass is 35.5. The second-order valence-electron chi connectivity index (χ2n) is 6.71. The summed E-state index contributed by atoms with van der Waals surface area (Å²) in [6.45, 7) is 3.79. The van der Waals surface area contributed by atoms with Crippen molar-refractivity contribution in [3.05, 3.63) is 64.1 Å². The van der Waals surface area contributed by atoms with Crippen LogP contribution < -0.4 is 4.74 Å². The number of Topliss-reactive ketones (excluding diaryl/α,β-unsaturated/α-hetero) is 1. The minimum atomic E-state index is -0.0328. The lowest BCUT2D eigenvalue weighted by Crippen LogP contribution is -2.06. The number of halogens is 1. The Morgan fingerprint density at radius 3 is 2.79 bits per heavy atom. The molecule has 0 aliphatic rings. The molecule has 3 heterocycles. The van der Waals surface area contributed by atoms with E-state index < -0.39 is 0 Å². The topological polar surface area (TPSA) is 83.7 Å². The zero-order valence-electron chi connectivity index (χ0n) is 15.8. The molecule has 0 aliphatic carbocycles. The zero-order chi connectivity index (χ0) is 19.8. The van der Waals surface area contributed by atoms with Crippen LogP contribution in [-0.4, -0.2) is 33.1 Å². The van der Waals surface area contributed by atoms with E-state index in [9.17, 15) is 4.79 Å². The van der Waals surface area contributed by atoms with Crippen molar-refractivity contribution in [1.29, 1.82) is 0 Å². The summed E-state index contributed by atoms with van der Waals surface area (Å²) in [7, 11) is 1.59. The Bertz CT molecular complexity index is 1190. The number of hydrogen-bond donors (Lipinski definition) is 2. The van der Waals surface area contributed by atoms with Crippen molar-refractivity contribution >= 4 is 28.4 Å². The van der Waals surface area contributed by atoms with E-state index in [1.165, 1.54) is 0 Å². The van der Waals surface area contributed by atoms with Gasteiger partial charge in [-0.1, -0.05) is 23.7 Å². The van der Waals surface area contributed by atoms with Crippen LogP contribution in [0, 0.1) is 13.8 Å². The van der Waals surface area contributed by atoms with Gasteiger partial charge in [0.25, 0.3) is 0 Å². The molecule has 3 aromatic heterocycles. The summed E-state index contributed by atoms with van der Waals surface area (Å²) in [5.41, 5.74) is 5.51. The number of H-pyrrole nitrogens is 2. The van der Waals surface area contributed by atoms with E-state index in [0.29, 0.717) is 16.5 Å². The number of carbonyl (C=O) groups excluding carboxylic acids is 1. The molecule has 0 aliphatic heterocycles. The molecule has 0 saturated heterocycles. The molecule has 0 saturated carbocycles. The number of ketones is 1. The minimum absolute atomic E-state index is 0.0328. The summed E-state index contributed by atoms with van der Waals surface area (Å²) in [6, 6.07) is 9.55. The summed E-state index contributed by atoms with van der Waals surface area (Å²) in [5.74, 6) is 0.580. The van der Waals surface area contributed by atoms with Gasteiger partial charge in [0.2, 0.25) is 0 Å². The third-order valence-corrected chi connectivity index (χ3v) is 5.27. The molecule has 0 fully saturated rings. The molecule has 0 atom stereocenters. The molecule has 142 valence electrons. The minimum Gasteiger partial charge on any atom is -0.495 e. The van der Waals surface area contributed by atoms with Crippen molar-refractivity contribution in [2.24, 2.45) is 0 Å². The summed E-state index contributed by atoms with van der Waals surface area (Å²) >= 11 is 6.44. The highest BCUT2D eigenvalue weighted by molar-refractivity contribution is 6.34. The monoisotopic (exact) mass is 394 g/mol. The van der Waals surface area contributed by atoms with E-state index in [4.69, 9.17) is 16.3 Å². The number of nitrogens with one attached hydrogen (secondary N) is 2. The molecular formula is C21H19ClN4O2. The van der Waals surface area contributed by atoms with Gasteiger partial charge in [0.15, 0.2) is 5.78 Å². The molecule has 4 aromatic rings. The first kappa shape index (κ1) is 18.3. The predicted molar refractivity (Wildman–Crippen MR) is 109 cm³/mol. The van der Waals surface area contributed by atoms with Gasteiger partial charge < -0.3 is 9.72 Å². The van der Waals surface area contributed by atoms with Crippen molar-refractivity contribution in [3.63, 3.8) is 0 Å². The molecule has 0 unspecified atom stereocenters. The lowest BCUT2D eigenvalue weighted by atomic mass is 10.0. The number of pyridine rings is 1. The van der Waals surface area contributed by atoms with Gasteiger partial charge in [-0.3, -0.25) is 9.89 Å². The molecule has 6 nitrogen and oxygen atoms in total. The number of nitrogens with zero attached hydrogens (tertiary/aromatic N) is 2. The molecule has 1 aromatic carbocycles. The second-order valence-corrected chi connectivity index (χ2v) is 7.09. The first-order chi connectivity index (χ1) is 13.5. The van der Waals surface area contributed by atoms with Gasteiger partial charge in [0.1, 0.15) is 17.1 Å². The van der Waals surface area contributed by atoms with Gasteiger partial charge >= 0.3 is 0 Å². The summed E-state index contributed by atoms with van der Waals surface area (Å²) in [6.07, 6.45) is 1.96. The Kier molecular flexibility index (Phi) is 4.65. The molecule has 0 amide bonds. The second kappa shape index (κ2) is 7.13. The molecule has 4 rings (SSSR count). The molecule has 7 heteroatoms. The van der Waals surface area contributed by atoms with Crippen molar-refractivity contribution in [1.82, 2.24) is 20.2 Å². The van der Waals surface area contributed by atoms with Crippen LogP contribution >= 0.6 is 11.6 Å². The Hall–Kier alpha value is -3.12. The number of aromatic nitrogens is 4. The number of rotatable bonds is 5. The van der Waals surface area contributed by atoms with Crippen LogP contribution in [0.3, 0.4) is 0 Å². The SMILES string of the molecule is COc1cccc(-c2cc3cc(CC(=O)c4n[nH]c(C)c4C)cnc3[nH]2)c1Cl. The Morgan fingerprint density at radius 1 is 1.25 bits per heavy atom. The third-order valence-electron chi connectivity index (χ3n) is 4.88. The summed E-state index contributed by atoms with van der Waals surface area (Å²) in [5, 5.41) is 8.42. The fraction of sp³-hybridized carbons (Fsp3) is 0.190. The Labute approximate surface area is 166 Å². The van der Waals surface area contributed by atoms with E-state index in [-0.39, 0.29) is 12.2 Å². The first-order valence-electron chi connectivity index (χ1n) is 8.83. The van der Waals surface area contributed by atoms with Crippen LogP contribution in [0.2, 0.25) is 5.02 Å². The van der Waals surface area contributed by atoms with Crippen molar-refractivity contribution < 1.29 is 9.53 Å². The fourth-order valence-corrected chi connectivity index (χ4v) is 3.51. The molecule has 2 N–H and O–H groups in total. The van der Waals surface area contributed by atoms with Gasteiger partial charge in [-0.15, -0.1) is 0 Å². The van der Waals surface area contributed by atoms with E-state index in [2.05, 4.69) is 20.2 Å². The Morgan fingerprint density at radius 2 is 2.07 bits per heavy atom. The molecule has 28 heavy (non-hydrogen) atoms. The maximum atomic E-state index is 12.6. The fourth-order valence-electron chi connectivity index (χ4n) is 3.20. The van der Waals surface area contributed by atoms with Crippen LogP contribution in [0.25, 0.3) is 22.3 Å². The number of benzene rings is 1. The van der Waals surface area contributed by atoms with E-state index in [1.54, 1.807) is 13.3 Å². The van der Waals surface area contributed by atoms with Crippen LogP contribution in [0.5, 0.6) is 5.75 Å². The average molecular weight is 395 g/mol. The van der Waals surface area contributed by atoms with Gasteiger partial charge in [0.05, 0.1) is 12.1 Å². The summed E-state index contributed by atoms with van der Waals surface area (Å²) in [4.78, 5) is 20.3. The van der Waals surface area contributed by atoms with Gasteiger partial charge in [0, 0.05) is 40.5 Å². The molecule has 0 bridgehead atoms. The largest absolute Gasteiger partial charge is 0.495 e. The number of methoxy groups -OCH3 is 1. The van der Waals surface area contributed by atoms with E-state index in [0.717, 1.165) is 39.1 Å². The first-order valence-corrected chi connectivity index (χ1v) is 9.21. The highest BCUT2D eigenvalue weighted by Crippen LogP contribution is 2.35. The zero-order valence-corrected chi connectivity index (χ0v) is 16.5. The molecule has 0 radical (unpaired) electrons. The lowest BCUT2D eigenvalue weighted by molar-refractivity contribution is 0.0987. The van der Waals surface area contributed by atoms with Crippen LogP contribution in [0.1, 0.15) is 27.3 Å². The number of ether oxygens (including phenoxy) is 1. The maximum absolute atomic E-state index is 12.6. The molecule has 0 spiro atoms. The van der Waals surface area contributed by atoms with Gasteiger partial charge in [-0.2, -0.15) is 5.10 Å². The van der Waals surface area contributed by atoms with Crippen molar-refractivity contribution in [2.45, 2.75) is 20.3 Å². The smallest absolute Gasteiger partial charge is 0.187 e. The average Bonchev–Trinajstić information content (AvgIpc) is 3.25.